The molecule has 0 N–H and O–H groups in total. The van der Waals surface area contributed by atoms with E-state index in [4.69, 9.17) is 0 Å². The van der Waals surface area contributed by atoms with E-state index >= 15 is 0 Å². The van der Waals surface area contributed by atoms with Crippen LogP contribution in [0.25, 0.3) is 0 Å². The third kappa shape index (κ3) is 2.98. The topological polar surface area (TPSA) is 23.6 Å². The van der Waals surface area contributed by atoms with Crippen LogP contribution < -0.4 is 4.90 Å². The van der Waals surface area contributed by atoms with Gasteiger partial charge in [0.2, 0.25) is 5.91 Å². The molecule has 19 heavy (non-hydrogen) atoms. The van der Waals surface area contributed by atoms with Crippen LogP contribution in [0.1, 0.15) is 18.1 Å². The van der Waals surface area contributed by atoms with E-state index in [1.54, 1.807) is 12.2 Å². The SMILES string of the molecule is C/C=C/C(=O)N1CCN(c2cccc(C)c2C)CC1. The first-order valence-electron chi connectivity index (χ1n) is 6.86. The number of nitrogens with zero attached hydrogens (tertiary/aromatic N) is 2. The van der Waals surface area contributed by atoms with Crippen molar-refractivity contribution in [3.8, 4) is 0 Å². The molecule has 1 aromatic rings. The van der Waals surface area contributed by atoms with E-state index in [9.17, 15) is 4.79 Å². The second-order valence-corrected chi connectivity index (χ2v) is 5.03. The molecule has 0 spiro atoms. The second-order valence-electron chi connectivity index (χ2n) is 5.03. The first-order chi connectivity index (χ1) is 9.13. The Balaban J connectivity index is 2.04. The fourth-order valence-corrected chi connectivity index (χ4v) is 2.49. The molecular formula is C16H22N2O. The lowest BCUT2D eigenvalue weighted by atomic mass is 10.1. The summed E-state index contributed by atoms with van der Waals surface area (Å²) >= 11 is 0. The number of benzene rings is 1. The number of aryl methyl sites for hydroxylation is 1. The molecule has 0 atom stereocenters. The van der Waals surface area contributed by atoms with E-state index < -0.39 is 0 Å². The zero-order chi connectivity index (χ0) is 13.8. The van der Waals surface area contributed by atoms with Crippen molar-refractivity contribution < 1.29 is 4.79 Å². The number of anilines is 1. The maximum Gasteiger partial charge on any atom is 0.246 e. The van der Waals surface area contributed by atoms with Crippen LogP contribution in [0.4, 0.5) is 5.69 Å². The van der Waals surface area contributed by atoms with Crippen LogP contribution in [0.3, 0.4) is 0 Å². The molecule has 0 aromatic heterocycles. The molecule has 1 aliphatic heterocycles. The molecule has 0 bridgehead atoms. The molecule has 3 nitrogen and oxygen atoms in total. The predicted molar refractivity (Wildman–Crippen MR) is 79.5 cm³/mol. The summed E-state index contributed by atoms with van der Waals surface area (Å²) in [4.78, 5) is 16.1. The Morgan fingerprint density at radius 3 is 2.47 bits per heavy atom. The average molecular weight is 258 g/mol. The number of hydrogen-bond donors (Lipinski definition) is 0. The van der Waals surface area contributed by atoms with Crippen molar-refractivity contribution in [1.82, 2.24) is 4.90 Å². The lowest BCUT2D eigenvalue weighted by Gasteiger charge is -2.36. The molecule has 1 fully saturated rings. The standard InChI is InChI=1S/C16H22N2O/c1-4-6-16(19)18-11-9-17(10-12-18)15-8-5-7-13(2)14(15)3/h4-8H,9-12H2,1-3H3/b6-4+. The van der Waals surface area contributed by atoms with Crippen molar-refractivity contribution in [2.45, 2.75) is 20.8 Å². The third-order valence-corrected chi connectivity index (χ3v) is 3.82. The van der Waals surface area contributed by atoms with Crippen molar-refractivity contribution in [2.75, 3.05) is 31.1 Å². The fourth-order valence-electron chi connectivity index (χ4n) is 2.49. The zero-order valence-electron chi connectivity index (χ0n) is 12.0. The molecule has 2 rings (SSSR count). The van der Waals surface area contributed by atoms with Gasteiger partial charge in [-0.3, -0.25) is 4.79 Å². The minimum atomic E-state index is 0.128. The largest absolute Gasteiger partial charge is 0.368 e. The average Bonchev–Trinajstić information content (AvgIpc) is 2.42. The predicted octanol–water partition coefficient (Wildman–Crippen LogP) is 2.53. The molecule has 0 unspecified atom stereocenters. The monoisotopic (exact) mass is 258 g/mol. The molecule has 0 aliphatic carbocycles. The van der Waals surface area contributed by atoms with Crippen LogP contribution in [0.2, 0.25) is 0 Å². The normalized spacial score (nSPS) is 16.2. The van der Waals surface area contributed by atoms with Crippen LogP contribution in [0, 0.1) is 13.8 Å². The molecule has 1 aromatic carbocycles. The summed E-state index contributed by atoms with van der Waals surface area (Å²) in [6.07, 6.45) is 3.45. The Morgan fingerprint density at radius 2 is 1.84 bits per heavy atom. The highest BCUT2D eigenvalue weighted by Gasteiger charge is 2.20. The molecule has 0 radical (unpaired) electrons. The Labute approximate surface area is 115 Å². The van der Waals surface area contributed by atoms with Gasteiger partial charge in [-0.25, -0.2) is 0 Å². The van der Waals surface area contributed by atoms with E-state index in [0.717, 1.165) is 26.2 Å². The smallest absolute Gasteiger partial charge is 0.246 e. The van der Waals surface area contributed by atoms with Crippen molar-refractivity contribution in [1.29, 1.82) is 0 Å². The van der Waals surface area contributed by atoms with Crippen molar-refractivity contribution in [3.05, 3.63) is 41.5 Å². The summed E-state index contributed by atoms with van der Waals surface area (Å²) in [5.41, 5.74) is 3.97. The lowest BCUT2D eigenvalue weighted by Crippen LogP contribution is -2.48. The van der Waals surface area contributed by atoms with Gasteiger partial charge in [-0.05, 0) is 44.0 Å². The lowest BCUT2D eigenvalue weighted by molar-refractivity contribution is -0.126. The van der Waals surface area contributed by atoms with Crippen LogP contribution in [-0.2, 0) is 4.79 Å². The molecular weight excluding hydrogens is 236 g/mol. The highest BCUT2D eigenvalue weighted by atomic mass is 16.2. The van der Waals surface area contributed by atoms with Gasteiger partial charge in [-0.15, -0.1) is 0 Å². The Morgan fingerprint density at radius 1 is 1.16 bits per heavy atom. The Kier molecular flexibility index (Phi) is 4.25. The maximum absolute atomic E-state index is 11.8. The summed E-state index contributed by atoms with van der Waals surface area (Å²) in [5.74, 6) is 0.128. The van der Waals surface area contributed by atoms with Gasteiger partial charge in [-0.1, -0.05) is 18.2 Å². The molecule has 1 saturated heterocycles. The summed E-state index contributed by atoms with van der Waals surface area (Å²) in [6.45, 7) is 9.62. The van der Waals surface area contributed by atoms with Gasteiger partial charge >= 0.3 is 0 Å². The highest BCUT2D eigenvalue weighted by Crippen LogP contribution is 2.23. The minimum absolute atomic E-state index is 0.128. The van der Waals surface area contributed by atoms with Gasteiger partial charge < -0.3 is 9.80 Å². The Hall–Kier alpha value is -1.77. The summed E-state index contributed by atoms with van der Waals surface area (Å²) < 4.78 is 0. The van der Waals surface area contributed by atoms with E-state index in [1.165, 1.54) is 16.8 Å². The van der Waals surface area contributed by atoms with E-state index in [1.807, 2.05) is 11.8 Å². The second kappa shape index (κ2) is 5.91. The molecule has 1 aliphatic rings. The quantitative estimate of drug-likeness (QED) is 0.761. The molecule has 3 heteroatoms. The molecule has 1 heterocycles. The van der Waals surface area contributed by atoms with E-state index in [2.05, 4.69) is 36.9 Å². The molecule has 102 valence electrons. The van der Waals surface area contributed by atoms with Gasteiger partial charge in [-0.2, -0.15) is 0 Å². The Bertz CT molecular complexity index is 486. The van der Waals surface area contributed by atoms with Crippen molar-refractivity contribution in [3.63, 3.8) is 0 Å². The number of rotatable bonds is 2. The van der Waals surface area contributed by atoms with E-state index in [-0.39, 0.29) is 5.91 Å². The van der Waals surface area contributed by atoms with Gasteiger partial charge in [0, 0.05) is 31.9 Å². The molecule has 1 amide bonds. The van der Waals surface area contributed by atoms with Crippen molar-refractivity contribution >= 4 is 11.6 Å². The summed E-state index contributed by atoms with van der Waals surface area (Å²) in [7, 11) is 0. The number of carbonyl (C=O) groups excluding carboxylic acids is 1. The summed E-state index contributed by atoms with van der Waals surface area (Å²) in [5, 5.41) is 0. The number of allylic oxidation sites excluding steroid dienone is 1. The van der Waals surface area contributed by atoms with Gasteiger partial charge in [0.25, 0.3) is 0 Å². The van der Waals surface area contributed by atoms with Gasteiger partial charge in [0.15, 0.2) is 0 Å². The maximum atomic E-state index is 11.8. The number of hydrogen-bond acceptors (Lipinski definition) is 2. The fraction of sp³-hybridized carbons (Fsp3) is 0.438. The zero-order valence-corrected chi connectivity index (χ0v) is 12.0. The summed E-state index contributed by atoms with van der Waals surface area (Å²) in [6, 6.07) is 6.42. The van der Waals surface area contributed by atoms with Crippen LogP contribution >= 0.6 is 0 Å². The first-order valence-corrected chi connectivity index (χ1v) is 6.86. The van der Waals surface area contributed by atoms with Gasteiger partial charge in [0.05, 0.1) is 0 Å². The third-order valence-electron chi connectivity index (χ3n) is 3.82. The van der Waals surface area contributed by atoms with Crippen LogP contribution in [0.15, 0.2) is 30.4 Å². The van der Waals surface area contributed by atoms with Crippen molar-refractivity contribution in [2.24, 2.45) is 0 Å². The number of piperazine rings is 1. The number of amides is 1. The van der Waals surface area contributed by atoms with Crippen LogP contribution in [-0.4, -0.2) is 37.0 Å². The van der Waals surface area contributed by atoms with Crippen LogP contribution in [0.5, 0.6) is 0 Å². The first kappa shape index (κ1) is 13.7. The van der Waals surface area contributed by atoms with Gasteiger partial charge in [0.1, 0.15) is 0 Å². The van der Waals surface area contributed by atoms with E-state index in [0.29, 0.717) is 0 Å². The highest BCUT2D eigenvalue weighted by molar-refractivity contribution is 5.87. The molecule has 0 saturated carbocycles. The minimum Gasteiger partial charge on any atom is -0.368 e. The number of carbonyl (C=O) groups is 1.